The molecule has 1 aliphatic rings. The summed E-state index contributed by atoms with van der Waals surface area (Å²) in [4.78, 5) is 0.200. The van der Waals surface area contributed by atoms with Gasteiger partial charge in [0.15, 0.2) is 0 Å². The Labute approximate surface area is 145 Å². The van der Waals surface area contributed by atoms with Gasteiger partial charge in [-0.3, -0.25) is 0 Å². The SMILES string of the molecule is COc1ccc2c(c1)OCCCC/C=C\C[C@H](C)CN(C)S2(=O)=O. The number of nitrogens with zero attached hydrogens (tertiary/aromatic N) is 1. The molecule has 0 aliphatic carbocycles. The van der Waals surface area contributed by atoms with Gasteiger partial charge in [-0.2, -0.15) is 0 Å². The number of ether oxygens (including phenoxy) is 2. The van der Waals surface area contributed by atoms with Crippen LogP contribution >= 0.6 is 0 Å². The zero-order valence-electron chi connectivity index (χ0n) is 14.7. The Kier molecular flexibility index (Phi) is 6.69. The highest BCUT2D eigenvalue weighted by atomic mass is 32.2. The smallest absolute Gasteiger partial charge is 0.246 e. The number of sulfonamides is 1. The molecule has 24 heavy (non-hydrogen) atoms. The van der Waals surface area contributed by atoms with Gasteiger partial charge in [-0.15, -0.1) is 0 Å². The maximum Gasteiger partial charge on any atom is 0.246 e. The van der Waals surface area contributed by atoms with E-state index in [9.17, 15) is 8.42 Å². The number of benzene rings is 1. The first-order valence-electron chi connectivity index (χ1n) is 8.37. The molecule has 2 rings (SSSR count). The Morgan fingerprint density at radius 2 is 2.04 bits per heavy atom. The van der Waals surface area contributed by atoms with Crippen LogP contribution in [0, 0.1) is 5.92 Å². The van der Waals surface area contributed by atoms with E-state index in [4.69, 9.17) is 9.47 Å². The molecule has 1 aromatic rings. The van der Waals surface area contributed by atoms with Gasteiger partial charge < -0.3 is 9.47 Å². The Hall–Kier alpha value is -1.53. The summed E-state index contributed by atoms with van der Waals surface area (Å²) in [5.41, 5.74) is 0. The highest BCUT2D eigenvalue weighted by Crippen LogP contribution is 2.31. The molecule has 0 unspecified atom stereocenters. The Morgan fingerprint density at radius 3 is 2.79 bits per heavy atom. The van der Waals surface area contributed by atoms with Gasteiger partial charge in [0.2, 0.25) is 10.0 Å². The summed E-state index contributed by atoms with van der Waals surface area (Å²) in [5.74, 6) is 1.21. The monoisotopic (exact) mass is 353 g/mol. The van der Waals surface area contributed by atoms with E-state index in [1.165, 1.54) is 4.31 Å². The van der Waals surface area contributed by atoms with Crippen molar-refractivity contribution in [2.45, 2.75) is 37.5 Å². The number of rotatable bonds is 1. The van der Waals surface area contributed by atoms with Crippen LogP contribution in [0.4, 0.5) is 0 Å². The molecule has 0 radical (unpaired) electrons. The van der Waals surface area contributed by atoms with Crippen molar-refractivity contribution in [2.75, 3.05) is 27.3 Å². The normalized spacial score (nSPS) is 24.2. The van der Waals surface area contributed by atoms with Crippen molar-refractivity contribution >= 4 is 10.0 Å². The predicted molar refractivity (Wildman–Crippen MR) is 95.1 cm³/mol. The Bertz CT molecular complexity index is 670. The van der Waals surface area contributed by atoms with Crippen LogP contribution in [-0.2, 0) is 10.0 Å². The zero-order valence-corrected chi connectivity index (χ0v) is 15.5. The van der Waals surface area contributed by atoms with Gasteiger partial charge in [0.05, 0.1) is 13.7 Å². The van der Waals surface area contributed by atoms with E-state index in [2.05, 4.69) is 19.1 Å². The zero-order chi connectivity index (χ0) is 17.6. The second-order valence-corrected chi connectivity index (χ2v) is 8.27. The van der Waals surface area contributed by atoms with Crippen molar-refractivity contribution < 1.29 is 17.9 Å². The summed E-state index contributed by atoms with van der Waals surface area (Å²) in [5, 5.41) is 0. The molecule has 1 atom stereocenters. The second-order valence-electron chi connectivity index (χ2n) is 6.25. The second kappa shape index (κ2) is 8.53. The fourth-order valence-electron chi connectivity index (χ4n) is 2.71. The Balaban J connectivity index is 2.37. The third kappa shape index (κ3) is 4.74. The van der Waals surface area contributed by atoms with Gasteiger partial charge in [0.1, 0.15) is 16.4 Å². The summed E-state index contributed by atoms with van der Waals surface area (Å²) in [7, 11) is -0.423. The number of hydrogen-bond donors (Lipinski definition) is 0. The van der Waals surface area contributed by atoms with E-state index in [0.717, 1.165) is 25.7 Å². The number of methoxy groups -OCH3 is 1. The van der Waals surface area contributed by atoms with Crippen LogP contribution in [0.3, 0.4) is 0 Å². The van der Waals surface area contributed by atoms with E-state index >= 15 is 0 Å². The maximum absolute atomic E-state index is 12.9. The summed E-state index contributed by atoms with van der Waals surface area (Å²) < 4.78 is 38.2. The van der Waals surface area contributed by atoms with E-state index in [-0.39, 0.29) is 10.8 Å². The minimum absolute atomic E-state index is 0.200. The molecule has 0 bridgehead atoms. The summed E-state index contributed by atoms with van der Waals surface area (Å²) in [6.45, 7) is 3.02. The molecule has 0 N–H and O–H groups in total. The quantitative estimate of drug-likeness (QED) is 0.726. The van der Waals surface area contributed by atoms with Gasteiger partial charge >= 0.3 is 0 Å². The van der Waals surface area contributed by atoms with E-state index in [1.807, 2.05) is 0 Å². The molecule has 6 heteroatoms. The highest BCUT2D eigenvalue weighted by molar-refractivity contribution is 7.89. The summed E-state index contributed by atoms with van der Waals surface area (Å²) in [6, 6.07) is 4.87. The topological polar surface area (TPSA) is 55.8 Å². The van der Waals surface area contributed by atoms with Gasteiger partial charge in [0, 0.05) is 19.7 Å². The molecule has 0 saturated carbocycles. The van der Waals surface area contributed by atoms with Crippen molar-refractivity contribution in [2.24, 2.45) is 5.92 Å². The number of hydrogen-bond acceptors (Lipinski definition) is 4. The molecule has 5 nitrogen and oxygen atoms in total. The fourth-order valence-corrected chi connectivity index (χ4v) is 4.11. The lowest BCUT2D eigenvalue weighted by atomic mass is 10.1. The van der Waals surface area contributed by atoms with Crippen molar-refractivity contribution in [3.05, 3.63) is 30.4 Å². The summed E-state index contributed by atoms with van der Waals surface area (Å²) >= 11 is 0. The van der Waals surface area contributed by atoms with Crippen LogP contribution < -0.4 is 9.47 Å². The van der Waals surface area contributed by atoms with Crippen molar-refractivity contribution in [3.63, 3.8) is 0 Å². The molecular formula is C18H27NO4S. The molecule has 1 aliphatic heterocycles. The van der Waals surface area contributed by atoms with E-state index in [0.29, 0.717) is 24.7 Å². The third-order valence-electron chi connectivity index (χ3n) is 4.14. The van der Waals surface area contributed by atoms with Crippen LogP contribution in [0.25, 0.3) is 0 Å². The van der Waals surface area contributed by atoms with Gasteiger partial charge in [-0.1, -0.05) is 19.1 Å². The maximum atomic E-state index is 12.9. The standard InChI is InChI=1S/C18H27NO4S/c1-15-9-7-5-4-6-8-12-23-17-13-16(22-3)10-11-18(17)24(20,21)19(2)14-15/h5,7,10-11,13,15H,4,6,8-9,12,14H2,1-3H3/b7-5-/t15-/m0/s1. The lowest BCUT2D eigenvalue weighted by Gasteiger charge is -2.22. The molecular weight excluding hydrogens is 326 g/mol. The van der Waals surface area contributed by atoms with Crippen LogP contribution in [0.15, 0.2) is 35.2 Å². The minimum atomic E-state index is -3.60. The van der Waals surface area contributed by atoms with Crippen LogP contribution in [0.2, 0.25) is 0 Å². The number of fused-ring (bicyclic) bond motifs is 1. The molecule has 1 heterocycles. The summed E-state index contributed by atoms with van der Waals surface area (Å²) in [6.07, 6.45) is 8.13. The lowest BCUT2D eigenvalue weighted by molar-refractivity contribution is 0.295. The van der Waals surface area contributed by atoms with Crippen LogP contribution in [0.1, 0.15) is 32.6 Å². The van der Waals surface area contributed by atoms with Gasteiger partial charge in [-0.25, -0.2) is 12.7 Å². The number of allylic oxidation sites excluding steroid dienone is 2. The van der Waals surface area contributed by atoms with Crippen molar-refractivity contribution in [1.29, 1.82) is 0 Å². The first-order chi connectivity index (χ1) is 11.4. The van der Waals surface area contributed by atoms with Crippen LogP contribution in [-0.4, -0.2) is 40.0 Å². The first-order valence-corrected chi connectivity index (χ1v) is 9.81. The molecule has 1 aromatic carbocycles. The molecule has 0 fully saturated rings. The average molecular weight is 353 g/mol. The molecule has 0 spiro atoms. The van der Waals surface area contributed by atoms with Crippen LogP contribution in [0.5, 0.6) is 11.5 Å². The minimum Gasteiger partial charge on any atom is -0.497 e. The molecule has 0 amide bonds. The van der Waals surface area contributed by atoms with E-state index in [1.54, 1.807) is 32.4 Å². The predicted octanol–water partition coefficient (Wildman–Crippen LogP) is 3.46. The third-order valence-corrected chi connectivity index (χ3v) is 6.00. The molecule has 0 saturated heterocycles. The first kappa shape index (κ1) is 18.8. The fraction of sp³-hybridized carbons (Fsp3) is 0.556. The largest absolute Gasteiger partial charge is 0.497 e. The van der Waals surface area contributed by atoms with E-state index < -0.39 is 10.0 Å². The Morgan fingerprint density at radius 1 is 1.25 bits per heavy atom. The average Bonchev–Trinajstić information content (AvgIpc) is 2.56. The highest BCUT2D eigenvalue weighted by Gasteiger charge is 2.26. The van der Waals surface area contributed by atoms with Crippen molar-refractivity contribution in [1.82, 2.24) is 4.31 Å². The molecule has 134 valence electrons. The van der Waals surface area contributed by atoms with Gasteiger partial charge in [0.25, 0.3) is 0 Å². The van der Waals surface area contributed by atoms with Crippen molar-refractivity contribution in [3.8, 4) is 11.5 Å². The molecule has 0 aromatic heterocycles. The lowest BCUT2D eigenvalue weighted by Crippen LogP contribution is -2.31. The van der Waals surface area contributed by atoms with Gasteiger partial charge in [-0.05, 0) is 43.7 Å².